The molecular formula is C13H23NO4. The maximum Gasteiger partial charge on any atom is 0.313 e. The largest absolute Gasteiger partial charge is 0.466 e. The normalized spacial score (nSPS) is 14.8. The molecule has 1 aliphatic rings. The molecule has 1 saturated carbocycles. The predicted octanol–water partition coefficient (Wildman–Crippen LogP) is 0.867. The van der Waals surface area contributed by atoms with Gasteiger partial charge >= 0.3 is 5.97 Å². The standard InChI is InChI=1S/C13H23NO4/c1-3-18-13(16)8-12(15)9-14(2)6-7-17-10-11-4-5-11/h11H,3-10H2,1-2H3. The zero-order chi connectivity index (χ0) is 13.4. The van der Waals surface area contributed by atoms with Crippen LogP contribution in [-0.4, -0.2) is 56.6 Å². The molecule has 0 N–H and O–H groups in total. The van der Waals surface area contributed by atoms with Gasteiger partial charge in [-0.25, -0.2) is 0 Å². The Morgan fingerprint density at radius 1 is 1.33 bits per heavy atom. The molecule has 0 amide bonds. The van der Waals surface area contributed by atoms with E-state index >= 15 is 0 Å². The number of hydrogen-bond acceptors (Lipinski definition) is 5. The van der Waals surface area contributed by atoms with Crippen molar-refractivity contribution in [2.45, 2.75) is 26.2 Å². The van der Waals surface area contributed by atoms with Gasteiger partial charge in [0, 0.05) is 13.2 Å². The lowest BCUT2D eigenvalue weighted by Gasteiger charge is -2.15. The van der Waals surface area contributed by atoms with Crippen LogP contribution in [0.15, 0.2) is 0 Å². The summed E-state index contributed by atoms with van der Waals surface area (Å²) < 4.78 is 10.2. The molecule has 5 nitrogen and oxygen atoms in total. The van der Waals surface area contributed by atoms with E-state index in [4.69, 9.17) is 9.47 Å². The Kier molecular flexibility index (Phi) is 6.90. The molecule has 0 spiro atoms. The molecule has 0 unspecified atom stereocenters. The molecule has 104 valence electrons. The van der Waals surface area contributed by atoms with Crippen molar-refractivity contribution in [3.63, 3.8) is 0 Å². The van der Waals surface area contributed by atoms with Crippen molar-refractivity contribution in [1.29, 1.82) is 0 Å². The van der Waals surface area contributed by atoms with Crippen molar-refractivity contribution in [3.8, 4) is 0 Å². The molecule has 5 heteroatoms. The summed E-state index contributed by atoms with van der Waals surface area (Å²) in [6.07, 6.45) is 2.43. The fourth-order valence-electron chi connectivity index (χ4n) is 1.56. The first-order valence-electron chi connectivity index (χ1n) is 6.55. The highest BCUT2D eigenvalue weighted by Crippen LogP contribution is 2.28. The van der Waals surface area contributed by atoms with E-state index in [-0.39, 0.29) is 18.7 Å². The minimum atomic E-state index is -0.444. The summed E-state index contributed by atoms with van der Waals surface area (Å²) in [4.78, 5) is 24.5. The minimum absolute atomic E-state index is 0.113. The van der Waals surface area contributed by atoms with Gasteiger partial charge < -0.3 is 9.47 Å². The van der Waals surface area contributed by atoms with Gasteiger partial charge in [0.2, 0.25) is 0 Å². The van der Waals surface area contributed by atoms with Crippen LogP contribution in [0.25, 0.3) is 0 Å². The zero-order valence-electron chi connectivity index (χ0n) is 11.3. The highest BCUT2D eigenvalue weighted by molar-refractivity contribution is 5.96. The molecule has 0 heterocycles. The lowest BCUT2D eigenvalue weighted by atomic mass is 10.2. The number of carbonyl (C=O) groups excluding carboxylic acids is 2. The van der Waals surface area contributed by atoms with Gasteiger partial charge in [0.1, 0.15) is 6.42 Å². The molecule has 0 aromatic heterocycles. The molecule has 0 aromatic rings. The number of esters is 1. The van der Waals surface area contributed by atoms with Gasteiger partial charge in [-0.2, -0.15) is 0 Å². The van der Waals surface area contributed by atoms with Crippen LogP contribution in [0.4, 0.5) is 0 Å². The lowest BCUT2D eigenvalue weighted by molar-refractivity contribution is -0.145. The van der Waals surface area contributed by atoms with E-state index in [1.165, 1.54) is 12.8 Å². The van der Waals surface area contributed by atoms with Gasteiger partial charge in [-0.05, 0) is 32.7 Å². The van der Waals surface area contributed by atoms with Crippen molar-refractivity contribution in [1.82, 2.24) is 4.90 Å². The number of nitrogens with zero attached hydrogens (tertiary/aromatic N) is 1. The average Bonchev–Trinajstić information content (AvgIpc) is 3.08. The first-order chi connectivity index (χ1) is 8.61. The highest BCUT2D eigenvalue weighted by Gasteiger charge is 2.21. The zero-order valence-corrected chi connectivity index (χ0v) is 11.3. The molecule has 1 rings (SSSR count). The van der Waals surface area contributed by atoms with E-state index < -0.39 is 5.97 Å². The van der Waals surface area contributed by atoms with Crippen molar-refractivity contribution in [2.24, 2.45) is 5.92 Å². The molecule has 0 bridgehead atoms. The smallest absolute Gasteiger partial charge is 0.313 e. The summed E-state index contributed by atoms with van der Waals surface area (Å²) in [6, 6.07) is 0. The number of rotatable bonds is 10. The number of Topliss-reactive ketones (excluding diaryl/α,β-unsaturated/α-hetero) is 1. The summed E-state index contributed by atoms with van der Waals surface area (Å²) in [5, 5.41) is 0. The SMILES string of the molecule is CCOC(=O)CC(=O)CN(C)CCOCC1CC1. The Bertz CT molecular complexity index is 276. The molecular weight excluding hydrogens is 234 g/mol. The molecule has 0 atom stereocenters. The Morgan fingerprint density at radius 3 is 2.67 bits per heavy atom. The first-order valence-corrected chi connectivity index (χ1v) is 6.55. The molecule has 0 radical (unpaired) electrons. The summed E-state index contributed by atoms with van der Waals surface area (Å²) in [5.74, 6) is 0.208. The van der Waals surface area contributed by atoms with Gasteiger partial charge in [0.25, 0.3) is 0 Å². The maximum absolute atomic E-state index is 11.5. The maximum atomic E-state index is 11.5. The summed E-state index contributed by atoms with van der Waals surface area (Å²) in [6.45, 7) is 4.50. The van der Waals surface area contributed by atoms with Crippen molar-refractivity contribution >= 4 is 11.8 Å². The Labute approximate surface area is 108 Å². The molecule has 1 aliphatic carbocycles. The number of hydrogen-bond donors (Lipinski definition) is 0. The van der Waals surface area contributed by atoms with Crippen LogP contribution in [-0.2, 0) is 19.1 Å². The molecule has 18 heavy (non-hydrogen) atoms. The van der Waals surface area contributed by atoms with Crippen LogP contribution < -0.4 is 0 Å². The fourth-order valence-corrected chi connectivity index (χ4v) is 1.56. The van der Waals surface area contributed by atoms with Gasteiger partial charge in [-0.3, -0.25) is 14.5 Å². The predicted molar refractivity (Wildman–Crippen MR) is 67.3 cm³/mol. The van der Waals surface area contributed by atoms with E-state index in [1.807, 2.05) is 11.9 Å². The third-order valence-corrected chi connectivity index (χ3v) is 2.76. The third-order valence-electron chi connectivity index (χ3n) is 2.76. The summed E-state index contributed by atoms with van der Waals surface area (Å²) in [5.41, 5.74) is 0. The molecule has 0 aromatic carbocycles. The Hall–Kier alpha value is -0.940. The number of ketones is 1. The van der Waals surface area contributed by atoms with E-state index in [2.05, 4.69) is 0 Å². The second kappa shape index (κ2) is 8.21. The van der Waals surface area contributed by atoms with Crippen LogP contribution in [0.5, 0.6) is 0 Å². The van der Waals surface area contributed by atoms with Crippen molar-refractivity contribution in [3.05, 3.63) is 0 Å². The lowest BCUT2D eigenvalue weighted by Crippen LogP contribution is -2.30. The number of carbonyl (C=O) groups is 2. The van der Waals surface area contributed by atoms with Gasteiger partial charge in [-0.15, -0.1) is 0 Å². The van der Waals surface area contributed by atoms with Crippen LogP contribution in [0, 0.1) is 5.92 Å². The van der Waals surface area contributed by atoms with Crippen LogP contribution >= 0.6 is 0 Å². The van der Waals surface area contributed by atoms with E-state index in [9.17, 15) is 9.59 Å². The monoisotopic (exact) mass is 257 g/mol. The minimum Gasteiger partial charge on any atom is -0.466 e. The second-order valence-corrected chi connectivity index (χ2v) is 4.78. The van der Waals surface area contributed by atoms with E-state index in [1.54, 1.807) is 6.92 Å². The van der Waals surface area contributed by atoms with Crippen molar-refractivity contribution in [2.75, 3.05) is 40.0 Å². The van der Waals surface area contributed by atoms with Crippen LogP contribution in [0.2, 0.25) is 0 Å². The molecule has 0 saturated heterocycles. The van der Waals surface area contributed by atoms with Gasteiger partial charge in [-0.1, -0.05) is 0 Å². The van der Waals surface area contributed by atoms with Gasteiger partial charge in [0.15, 0.2) is 5.78 Å². The first kappa shape index (κ1) is 15.1. The Balaban J connectivity index is 2.00. The topological polar surface area (TPSA) is 55.8 Å². The molecule has 1 fully saturated rings. The van der Waals surface area contributed by atoms with Gasteiger partial charge in [0.05, 0.1) is 19.8 Å². The fraction of sp³-hybridized carbons (Fsp3) is 0.846. The average molecular weight is 257 g/mol. The number of likely N-dealkylation sites (N-methyl/N-ethyl adjacent to an activating group) is 1. The van der Waals surface area contributed by atoms with E-state index in [0.717, 1.165) is 12.5 Å². The second-order valence-electron chi connectivity index (χ2n) is 4.78. The summed E-state index contributed by atoms with van der Waals surface area (Å²) >= 11 is 0. The quantitative estimate of drug-likeness (QED) is 0.330. The summed E-state index contributed by atoms with van der Waals surface area (Å²) in [7, 11) is 1.85. The highest BCUT2D eigenvalue weighted by atomic mass is 16.5. The van der Waals surface area contributed by atoms with E-state index in [0.29, 0.717) is 19.8 Å². The number of ether oxygens (including phenoxy) is 2. The van der Waals surface area contributed by atoms with Crippen LogP contribution in [0.1, 0.15) is 26.2 Å². The third kappa shape index (κ3) is 7.40. The Morgan fingerprint density at radius 2 is 2.06 bits per heavy atom. The molecule has 0 aliphatic heterocycles. The van der Waals surface area contributed by atoms with Crippen LogP contribution in [0.3, 0.4) is 0 Å². The van der Waals surface area contributed by atoms with Crippen molar-refractivity contribution < 1.29 is 19.1 Å².